The van der Waals surface area contributed by atoms with E-state index in [9.17, 15) is 5.11 Å². The molecular formula is C12H19N3O. The lowest BCUT2D eigenvalue weighted by atomic mass is 9.85. The topological polar surface area (TPSA) is 71.2 Å². The average Bonchev–Trinajstić information content (AvgIpc) is 2.30. The first-order valence-corrected chi connectivity index (χ1v) is 5.88. The molecule has 16 heavy (non-hydrogen) atoms. The van der Waals surface area contributed by atoms with Crippen LogP contribution in [0.4, 0.5) is 11.5 Å². The molecule has 1 aliphatic rings. The smallest absolute Gasteiger partial charge is 0.125 e. The van der Waals surface area contributed by atoms with Gasteiger partial charge in [-0.15, -0.1) is 0 Å². The molecule has 4 heteroatoms. The Morgan fingerprint density at radius 3 is 3.00 bits per heavy atom. The fraction of sp³-hybridized carbons (Fsp3) is 0.583. The molecule has 2 atom stereocenters. The van der Waals surface area contributed by atoms with E-state index in [1.807, 2.05) is 12.1 Å². The normalized spacial score (nSPS) is 25.3. The number of anilines is 2. The standard InChI is InChI=1S/C12H19N3O/c13-12-7-10(5-6-14-12)15-11-4-2-1-3-9(11)8-16/h5-7,9,11,16H,1-4,8H2,(H3,13,14,15). The summed E-state index contributed by atoms with van der Waals surface area (Å²) in [4.78, 5) is 3.96. The molecule has 0 aliphatic heterocycles. The van der Waals surface area contributed by atoms with Crippen molar-refractivity contribution in [2.75, 3.05) is 17.7 Å². The Kier molecular flexibility index (Phi) is 3.62. The highest BCUT2D eigenvalue weighted by molar-refractivity contribution is 5.50. The quantitative estimate of drug-likeness (QED) is 0.725. The first-order valence-electron chi connectivity index (χ1n) is 5.88. The molecule has 0 spiro atoms. The number of aliphatic hydroxyl groups is 1. The zero-order valence-electron chi connectivity index (χ0n) is 9.39. The summed E-state index contributed by atoms with van der Waals surface area (Å²) >= 11 is 0. The van der Waals surface area contributed by atoms with Crippen LogP contribution in [0.25, 0.3) is 0 Å². The van der Waals surface area contributed by atoms with Gasteiger partial charge in [0.15, 0.2) is 0 Å². The van der Waals surface area contributed by atoms with Crippen LogP contribution in [0.3, 0.4) is 0 Å². The number of nitrogens with two attached hydrogens (primary N) is 1. The van der Waals surface area contributed by atoms with Gasteiger partial charge in [0.1, 0.15) is 5.82 Å². The average molecular weight is 221 g/mol. The molecule has 0 saturated heterocycles. The second kappa shape index (κ2) is 5.16. The summed E-state index contributed by atoms with van der Waals surface area (Å²) in [6.07, 6.45) is 6.38. The van der Waals surface area contributed by atoms with E-state index in [4.69, 9.17) is 5.73 Å². The number of nitrogens with zero attached hydrogens (tertiary/aromatic N) is 1. The molecular weight excluding hydrogens is 202 g/mol. The van der Waals surface area contributed by atoms with Crippen LogP contribution in [0, 0.1) is 5.92 Å². The van der Waals surface area contributed by atoms with Gasteiger partial charge in [-0.25, -0.2) is 4.98 Å². The third-order valence-corrected chi connectivity index (χ3v) is 3.28. The van der Waals surface area contributed by atoms with Crippen molar-refractivity contribution in [1.29, 1.82) is 0 Å². The molecule has 0 amide bonds. The SMILES string of the molecule is Nc1cc(NC2CCCCC2CO)ccn1. The van der Waals surface area contributed by atoms with Crippen LogP contribution in [-0.4, -0.2) is 22.7 Å². The molecule has 1 heterocycles. The molecule has 0 aromatic carbocycles. The molecule has 2 rings (SSSR count). The van der Waals surface area contributed by atoms with E-state index in [2.05, 4.69) is 10.3 Å². The largest absolute Gasteiger partial charge is 0.396 e. The van der Waals surface area contributed by atoms with Crippen LogP contribution >= 0.6 is 0 Å². The highest BCUT2D eigenvalue weighted by Gasteiger charge is 2.24. The number of rotatable bonds is 3. The van der Waals surface area contributed by atoms with Gasteiger partial charge in [-0.05, 0) is 18.9 Å². The molecule has 0 radical (unpaired) electrons. The van der Waals surface area contributed by atoms with E-state index >= 15 is 0 Å². The van der Waals surface area contributed by atoms with Gasteiger partial charge in [-0.1, -0.05) is 12.8 Å². The summed E-state index contributed by atoms with van der Waals surface area (Å²) in [7, 11) is 0. The van der Waals surface area contributed by atoms with Gasteiger partial charge >= 0.3 is 0 Å². The Morgan fingerprint density at radius 2 is 2.25 bits per heavy atom. The molecule has 2 unspecified atom stereocenters. The fourth-order valence-corrected chi connectivity index (χ4v) is 2.37. The zero-order valence-corrected chi connectivity index (χ0v) is 9.39. The Hall–Kier alpha value is -1.29. The van der Waals surface area contributed by atoms with Crippen molar-refractivity contribution in [2.45, 2.75) is 31.7 Å². The van der Waals surface area contributed by atoms with Crippen molar-refractivity contribution in [3.05, 3.63) is 18.3 Å². The van der Waals surface area contributed by atoms with E-state index in [0.29, 0.717) is 17.8 Å². The van der Waals surface area contributed by atoms with Crippen LogP contribution < -0.4 is 11.1 Å². The van der Waals surface area contributed by atoms with Gasteiger partial charge in [-0.3, -0.25) is 0 Å². The molecule has 1 aliphatic carbocycles. The number of hydrogen-bond acceptors (Lipinski definition) is 4. The first kappa shape index (κ1) is 11.2. The van der Waals surface area contributed by atoms with Crippen LogP contribution in [0.2, 0.25) is 0 Å². The first-order chi connectivity index (χ1) is 7.79. The number of nitrogen functional groups attached to an aromatic ring is 1. The summed E-state index contributed by atoms with van der Waals surface area (Å²) in [5.74, 6) is 0.893. The second-order valence-corrected chi connectivity index (χ2v) is 4.45. The van der Waals surface area contributed by atoms with Gasteiger partial charge in [-0.2, -0.15) is 0 Å². The molecule has 1 aromatic heterocycles. The van der Waals surface area contributed by atoms with E-state index in [0.717, 1.165) is 18.5 Å². The maximum Gasteiger partial charge on any atom is 0.125 e. The van der Waals surface area contributed by atoms with E-state index in [-0.39, 0.29) is 6.61 Å². The lowest BCUT2D eigenvalue weighted by Crippen LogP contribution is -2.34. The minimum Gasteiger partial charge on any atom is -0.396 e. The molecule has 1 aromatic rings. The molecule has 4 nitrogen and oxygen atoms in total. The molecule has 4 N–H and O–H groups in total. The summed E-state index contributed by atoms with van der Waals surface area (Å²) in [5, 5.41) is 12.8. The number of hydrogen-bond donors (Lipinski definition) is 3. The van der Waals surface area contributed by atoms with Crippen LogP contribution in [0.1, 0.15) is 25.7 Å². The van der Waals surface area contributed by atoms with Gasteiger partial charge in [0, 0.05) is 36.5 Å². The van der Waals surface area contributed by atoms with Gasteiger partial charge < -0.3 is 16.2 Å². The summed E-state index contributed by atoms with van der Waals surface area (Å²) < 4.78 is 0. The third kappa shape index (κ3) is 2.64. The fourth-order valence-electron chi connectivity index (χ4n) is 2.37. The summed E-state index contributed by atoms with van der Waals surface area (Å²) in [6, 6.07) is 4.11. The minimum atomic E-state index is 0.262. The van der Waals surface area contributed by atoms with Crippen molar-refractivity contribution < 1.29 is 5.11 Å². The van der Waals surface area contributed by atoms with Crippen LogP contribution in [0.5, 0.6) is 0 Å². The maximum atomic E-state index is 9.32. The second-order valence-electron chi connectivity index (χ2n) is 4.45. The molecule has 1 saturated carbocycles. The Balaban J connectivity index is 2.02. The lowest BCUT2D eigenvalue weighted by molar-refractivity contribution is 0.178. The number of nitrogens with one attached hydrogen (secondary N) is 1. The number of pyridine rings is 1. The monoisotopic (exact) mass is 221 g/mol. The van der Waals surface area contributed by atoms with Crippen molar-refractivity contribution in [3.8, 4) is 0 Å². The Bertz CT molecular complexity index is 343. The van der Waals surface area contributed by atoms with E-state index in [1.54, 1.807) is 6.20 Å². The number of aromatic nitrogens is 1. The van der Waals surface area contributed by atoms with Gasteiger partial charge in [0.2, 0.25) is 0 Å². The lowest BCUT2D eigenvalue weighted by Gasteiger charge is -2.31. The minimum absolute atomic E-state index is 0.262. The van der Waals surface area contributed by atoms with Crippen molar-refractivity contribution in [2.24, 2.45) is 5.92 Å². The molecule has 88 valence electrons. The third-order valence-electron chi connectivity index (χ3n) is 3.28. The molecule has 1 fully saturated rings. The van der Waals surface area contributed by atoms with Crippen LogP contribution in [0.15, 0.2) is 18.3 Å². The Morgan fingerprint density at radius 1 is 1.44 bits per heavy atom. The predicted molar refractivity (Wildman–Crippen MR) is 65.1 cm³/mol. The Labute approximate surface area is 95.9 Å². The van der Waals surface area contributed by atoms with Crippen LogP contribution in [-0.2, 0) is 0 Å². The van der Waals surface area contributed by atoms with E-state index in [1.165, 1.54) is 12.8 Å². The highest BCUT2D eigenvalue weighted by Crippen LogP contribution is 2.27. The van der Waals surface area contributed by atoms with Crippen molar-refractivity contribution in [3.63, 3.8) is 0 Å². The summed E-state index contributed by atoms with van der Waals surface area (Å²) in [6.45, 7) is 0.262. The van der Waals surface area contributed by atoms with Crippen molar-refractivity contribution in [1.82, 2.24) is 4.98 Å². The van der Waals surface area contributed by atoms with Gasteiger partial charge in [0.05, 0.1) is 0 Å². The number of aliphatic hydroxyl groups excluding tert-OH is 1. The summed E-state index contributed by atoms with van der Waals surface area (Å²) in [5.41, 5.74) is 6.63. The predicted octanol–water partition coefficient (Wildman–Crippen LogP) is 1.63. The zero-order chi connectivity index (χ0) is 11.4. The van der Waals surface area contributed by atoms with Gasteiger partial charge in [0.25, 0.3) is 0 Å². The van der Waals surface area contributed by atoms with Crippen molar-refractivity contribution >= 4 is 11.5 Å². The molecule has 0 bridgehead atoms. The highest BCUT2D eigenvalue weighted by atomic mass is 16.3. The maximum absolute atomic E-state index is 9.32. The van der Waals surface area contributed by atoms with E-state index < -0.39 is 0 Å².